The lowest BCUT2D eigenvalue weighted by Gasteiger charge is -2.17. The first-order valence-corrected chi connectivity index (χ1v) is 9.66. The third-order valence-electron chi connectivity index (χ3n) is 3.78. The standard InChI is InChI=1S/C20H20Cl2N2S.BrH/c1-20(2,3)18-17(12-13-4-6-14(21)7-5-13)25-19(24-18)23-16-10-8-15(22)9-11-16;/h4-11H,12H2,1-3H3,(H,23,24);1H. The van der Waals surface area contributed by atoms with Gasteiger partial charge in [0.15, 0.2) is 5.13 Å². The number of hydrogen-bond donors (Lipinski definition) is 1. The highest BCUT2D eigenvalue weighted by Gasteiger charge is 2.23. The Balaban J connectivity index is 0.00000243. The van der Waals surface area contributed by atoms with Gasteiger partial charge in [0.1, 0.15) is 0 Å². The predicted octanol–water partition coefficient (Wildman–Crippen LogP) is 7.66. The van der Waals surface area contributed by atoms with Gasteiger partial charge in [-0.25, -0.2) is 4.98 Å². The normalized spacial score (nSPS) is 11.1. The van der Waals surface area contributed by atoms with Crippen molar-refractivity contribution in [3.05, 3.63) is 74.7 Å². The topological polar surface area (TPSA) is 24.9 Å². The molecule has 1 aromatic heterocycles. The van der Waals surface area contributed by atoms with Crippen LogP contribution in [0.25, 0.3) is 0 Å². The lowest BCUT2D eigenvalue weighted by atomic mass is 9.90. The van der Waals surface area contributed by atoms with Gasteiger partial charge in [-0.1, -0.05) is 56.1 Å². The van der Waals surface area contributed by atoms with Gasteiger partial charge in [0.25, 0.3) is 0 Å². The Kier molecular flexibility index (Phi) is 7.14. The van der Waals surface area contributed by atoms with Gasteiger partial charge in [-0.05, 0) is 42.0 Å². The van der Waals surface area contributed by atoms with Crippen LogP contribution in [0.15, 0.2) is 48.5 Å². The molecule has 0 aliphatic heterocycles. The molecule has 0 unspecified atom stereocenters. The minimum absolute atomic E-state index is 0. The monoisotopic (exact) mass is 470 g/mol. The van der Waals surface area contributed by atoms with Crippen molar-refractivity contribution in [3.63, 3.8) is 0 Å². The van der Waals surface area contributed by atoms with E-state index in [2.05, 4.69) is 38.2 Å². The average molecular weight is 472 g/mol. The van der Waals surface area contributed by atoms with Gasteiger partial charge in [-0.2, -0.15) is 0 Å². The maximum Gasteiger partial charge on any atom is 0.187 e. The van der Waals surface area contributed by atoms with Crippen LogP contribution in [0.1, 0.15) is 36.9 Å². The van der Waals surface area contributed by atoms with Gasteiger partial charge in [0, 0.05) is 32.4 Å². The Morgan fingerprint density at radius 3 is 2.00 bits per heavy atom. The van der Waals surface area contributed by atoms with Crippen molar-refractivity contribution < 1.29 is 0 Å². The molecule has 1 N–H and O–H groups in total. The zero-order valence-corrected chi connectivity index (χ0v) is 18.9. The highest BCUT2D eigenvalue weighted by Crippen LogP contribution is 2.35. The summed E-state index contributed by atoms with van der Waals surface area (Å²) in [5.41, 5.74) is 3.33. The molecule has 0 spiro atoms. The van der Waals surface area contributed by atoms with Gasteiger partial charge in [0.05, 0.1) is 5.69 Å². The molecule has 0 aliphatic rings. The first-order valence-electron chi connectivity index (χ1n) is 8.08. The molecule has 0 amide bonds. The van der Waals surface area contributed by atoms with Crippen LogP contribution in [-0.2, 0) is 11.8 Å². The van der Waals surface area contributed by atoms with Crippen molar-refractivity contribution >= 4 is 62.3 Å². The molecular formula is C20H21BrCl2N2S. The molecule has 3 rings (SSSR count). The van der Waals surface area contributed by atoms with E-state index in [-0.39, 0.29) is 22.4 Å². The number of rotatable bonds is 4. The van der Waals surface area contributed by atoms with Crippen molar-refractivity contribution in [2.75, 3.05) is 5.32 Å². The van der Waals surface area contributed by atoms with E-state index in [0.717, 1.165) is 33.0 Å². The van der Waals surface area contributed by atoms with Gasteiger partial charge in [-0.15, -0.1) is 28.3 Å². The smallest absolute Gasteiger partial charge is 0.187 e. The summed E-state index contributed by atoms with van der Waals surface area (Å²) < 4.78 is 0. The molecule has 0 radical (unpaired) electrons. The van der Waals surface area contributed by atoms with Crippen LogP contribution < -0.4 is 5.32 Å². The van der Waals surface area contributed by atoms with Crippen LogP contribution in [0.2, 0.25) is 10.0 Å². The largest absolute Gasteiger partial charge is 0.332 e. The van der Waals surface area contributed by atoms with Gasteiger partial charge < -0.3 is 5.32 Å². The fraction of sp³-hybridized carbons (Fsp3) is 0.250. The Morgan fingerprint density at radius 2 is 1.46 bits per heavy atom. The number of benzene rings is 2. The third kappa shape index (κ3) is 5.46. The predicted molar refractivity (Wildman–Crippen MR) is 120 cm³/mol. The van der Waals surface area contributed by atoms with E-state index in [9.17, 15) is 0 Å². The quantitative estimate of drug-likeness (QED) is 0.422. The van der Waals surface area contributed by atoms with Crippen LogP contribution in [0, 0.1) is 0 Å². The maximum atomic E-state index is 5.99. The molecule has 0 fully saturated rings. The second-order valence-electron chi connectivity index (χ2n) is 6.98. The lowest BCUT2D eigenvalue weighted by molar-refractivity contribution is 0.568. The van der Waals surface area contributed by atoms with Crippen molar-refractivity contribution in [2.24, 2.45) is 0 Å². The van der Waals surface area contributed by atoms with Gasteiger partial charge >= 0.3 is 0 Å². The summed E-state index contributed by atoms with van der Waals surface area (Å²) in [6.07, 6.45) is 0.851. The molecule has 138 valence electrons. The fourth-order valence-electron chi connectivity index (χ4n) is 2.56. The molecule has 2 nitrogen and oxygen atoms in total. The number of hydrogen-bond acceptors (Lipinski definition) is 3. The molecule has 0 saturated heterocycles. The molecule has 1 heterocycles. The molecule has 26 heavy (non-hydrogen) atoms. The first kappa shape index (κ1) is 21.2. The number of nitrogens with one attached hydrogen (secondary N) is 1. The number of thiazole rings is 1. The summed E-state index contributed by atoms with van der Waals surface area (Å²) in [7, 11) is 0. The highest BCUT2D eigenvalue weighted by atomic mass is 79.9. The molecule has 6 heteroatoms. The highest BCUT2D eigenvalue weighted by molar-refractivity contribution is 8.93. The lowest BCUT2D eigenvalue weighted by Crippen LogP contribution is -2.14. The maximum absolute atomic E-state index is 5.99. The van der Waals surface area contributed by atoms with E-state index in [1.54, 1.807) is 11.3 Å². The summed E-state index contributed by atoms with van der Waals surface area (Å²) in [5, 5.41) is 5.77. The number of aromatic nitrogens is 1. The first-order chi connectivity index (χ1) is 11.8. The molecule has 0 atom stereocenters. The van der Waals surface area contributed by atoms with Crippen LogP contribution >= 0.6 is 51.5 Å². The van der Waals surface area contributed by atoms with Crippen LogP contribution in [0.4, 0.5) is 10.8 Å². The molecule has 0 saturated carbocycles. The number of nitrogens with zero attached hydrogens (tertiary/aromatic N) is 1. The average Bonchev–Trinajstić information content (AvgIpc) is 2.95. The second-order valence-corrected chi connectivity index (χ2v) is 8.93. The Hall–Kier alpha value is -1.07. The Labute approximate surface area is 179 Å². The van der Waals surface area contributed by atoms with E-state index in [1.165, 1.54) is 10.4 Å². The van der Waals surface area contributed by atoms with E-state index < -0.39 is 0 Å². The van der Waals surface area contributed by atoms with E-state index >= 15 is 0 Å². The fourth-order valence-corrected chi connectivity index (χ4v) is 4.03. The molecule has 0 bridgehead atoms. The molecule has 3 aromatic rings. The summed E-state index contributed by atoms with van der Waals surface area (Å²) >= 11 is 13.6. The minimum Gasteiger partial charge on any atom is -0.332 e. The number of halogens is 3. The molecule has 0 aliphatic carbocycles. The van der Waals surface area contributed by atoms with Crippen molar-refractivity contribution in [3.8, 4) is 0 Å². The Bertz CT molecular complexity index is 853. The van der Waals surface area contributed by atoms with Crippen LogP contribution in [0.3, 0.4) is 0 Å². The van der Waals surface area contributed by atoms with Crippen molar-refractivity contribution in [2.45, 2.75) is 32.6 Å². The molecule has 2 aromatic carbocycles. The van der Waals surface area contributed by atoms with Crippen LogP contribution in [-0.4, -0.2) is 4.98 Å². The van der Waals surface area contributed by atoms with Crippen molar-refractivity contribution in [1.29, 1.82) is 0 Å². The minimum atomic E-state index is -0.0157. The summed E-state index contributed by atoms with van der Waals surface area (Å²) in [6, 6.07) is 15.7. The number of anilines is 2. The van der Waals surface area contributed by atoms with Crippen LogP contribution in [0.5, 0.6) is 0 Å². The van der Waals surface area contributed by atoms with Crippen molar-refractivity contribution in [1.82, 2.24) is 4.98 Å². The van der Waals surface area contributed by atoms with Gasteiger partial charge in [-0.3, -0.25) is 0 Å². The summed E-state index contributed by atoms with van der Waals surface area (Å²) in [5.74, 6) is 0. The zero-order valence-electron chi connectivity index (χ0n) is 14.8. The second kappa shape index (κ2) is 8.75. The SMILES string of the molecule is Br.CC(C)(C)c1nc(Nc2ccc(Cl)cc2)sc1Cc1ccc(Cl)cc1. The zero-order chi connectivity index (χ0) is 18.0. The van der Waals surface area contributed by atoms with E-state index in [4.69, 9.17) is 28.2 Å². The third-order valence-corrected chi connectivity index (χ3v) is 5.26. The van der Waals surface area contributed by atoms with Gasteiger partial charge in [0.2, 0.25) is 0 Å². The molecular weight excluding hydrogens is 451 g/mol. The summed E-state index contributed by atoms with van der Waals surface area (Å²) in [4.78, 5) is 6.13. The van der Waals surface area contributed by atoms with E-state index in [1.807, 2.05) is 36.4 Å². The Morgan fingerprint density at radius 1 is 0.923 bits per heavy atom. The van der Waals surface area contributed by atoms with E-state index in [0.29, 0.717) is 0 Å². The summed E-state index contributed by atoms with van der Waals surface area (Å²) in [6.45, 7) is 6.58.